The van der Waals surface area contributed by atoms with Crippen molar-refractivity contribution in [2.45, 2.75) is 20.1 Å². The fraction of sp³-hybridized carbons (Fsp3) is 0.250. The third-order valence-corrected chi connectivity index (χ3v) is 2.94. The first-order valence-electron chi connectivity index (χ1n) is 6.58. The van der Waals surface area contributed by atoms with Crippen molar-refractivity contribution >= 4 is 5.69 Å². The molecule has 0 atom stereocenters. The van der Waals surface area contributed by atoms with E-state index in [4.69, 9.17) is 10.00 Å². The van der Waals surface area contributed by atoms with E-state index >= 15 is 0 Å². The number of pyridine rings is 1. The average Bonchev–Trinajstić information content (AvgIpc) is 2.52. The number of hydrogen-bond acceptors (Lipinski definition) is 4. The summed E-state index contributed by atoms with van der Waals surface area (Å²) < 4.78 is 5.47. The molecule has 20 heavy (non-hydrogen) atoms. The molecule has 4 nitrogen and oxygen atoms in total. The van der Waals surface area contributed by atoms with E-state index in [1.165, 1.54) is 11.1 Å². The Morgan fingerprint density at radius 2 is 2.00 bits per heavy atom. The molecule has 0 aliphatic rings. The van der Waals surface area contributed by atoms with E-state index in [0.29, 0.717) is 25.5 Å². The summed E-state index contributed by atoms with van der Waals surface area (Å²) in [5.74, 6) is 0. The average molecular weight is 267 g/mol. The highest BCUT2D eigenvalue weighted by atomic mass is 16.5. The van der Waals surface area contributed by atoms with Gasteiger partial charge in [0.15, 0.2) is 0 Å². The fourth-order valence-corrected chi connectivity index (χ4v) is 1.84. The lowest BCUT2D eigenvalue weighted by molar-refractivity contribution is 0.133. The summed E-state index contributed by atoms with van der Waals surface area (Å²) in [4.78, 5) is 4.03. The number of aromatic nitrogens is 1. The Kier molecular flexibility index (Phi) is 5.10. The number of nitrogens with one attached hydrogen (secondary N) is 1. The monoisotopic (exact) mass is 267 g/mol. The lowest BCUT2D eigenvalue weighted by atomic mass is 10.1. The second-order valence-electron chi connectivity index (χ2n) is 4.30. The van der Waals surface area contributed by atoms with Gasteiger partial charge in [-0.05, 0) is 30.2 Å². The maximum Gasteiger partial charge on any atom is 0.140 e. The van der Waals surface area contributed by atoms with Gasteiger partial charge >= 0.3 is 0 Å². The zero-order chi connectivity index (χ0) is 14.2. The van der Waals surface area contributed by atoms with Crippen molar-refractivity contribution in [1.29, 1.82) is 5.26 Å². The number of rotatable bonds is 6. The predicted molar refractivity (Wildman–Crippen MR) is 78.1 cm³/mol. The first kappa shape index (κ1) is 14.0. The van der Waals surface area contributed by atoms with Gasteiger partial charge in [0.1, 0.15) is 11.8 Å². The standard InChI is InChI=1S/C16H17N3O/c1-2-20-12-14-6-4-3-5-13(14)10-18-16-8-7-15(9-17)19-11-16/h3-8,11,18H,2,10,12H2,1H3. The van der Waals surface area contributed by atoms with Gasteiger partial charge in [0, 0.05) is 13.2 Å². The number of ether oxygens (including phenoxy) is 1. The number of nitriles is 1. The van der Waals surface area contributed by atoms with E-state index in [0.717, 1.165) is 5.69 Å². The highest BCUT2D eigenvalue weighted by Gasteiger charge is 2.02. The molecule has 4 heteroatoms. The quantitative estimate of drug-likeness (QED) is 0.873. The SMILES string of the molecule is CCOCc1ccccc1CNc1ccc(C#N)nc1. The van der Waals surface area contributed by atoms with Crippen LogP contribution >= 0.6 is 0 Å². The predicted octanol–water partition coefficient (Wildman–Crippen LogP) is 3.10. The van der Waals surface area contributed by atoms with E-state index in [2.05, 4.69) is 22.4 Å². The Morgan fingerprint density at radius 1 is 1.20 bits per heavy atom. The summed E-state index contributed by atoms with van der Waals surface area (Å²) in [6.07, 6.45) is 1.67. The van der Waals surface area contributed by atoms with Crippen molar-refractivity contribution < 1.29 is 4.74 Å². The van der Waals surface area contributed by atoms with E-state index in [9.17, 15) is 0 Å². The minimum atomic E-state index is 0.423. The van der Waals surface area contributed by atoms with Crippen LogP contribution in [0.4, 0.5) is 5.69 Å². The molecule has 2 aromatic rings. The van der Waals surface area contributed by atoms with Crippen molar-refractivity contribution in [2.24, 2.45) is 0 Å². The van der Waals surface area contributed by atoms with Crippen LogP contribution in [0.3, 0.4) is 0 Å². The van der Waals surface area contributed by atoms with E-state index in [1.807, 2.05) is 31.2 Å². The van der Waals surface area contributed by atoms with Crippen molar-refractivity contribution in [1.82, 2.24) is 4.98 Å². The summed E-state index contributed by atoms with van der Waals surface area (Å²) in [6, 6.07) is 13.8. The smallest absolute Gasteiger partial charge is 0.140 e. The fourth-order valence-electron chi connectivity index (χ4n) is 1.84. The zero-order valence-corrected chi connectivity index (χ0v) is 11.5. The molecule has 0 saturated carbocycles. The summed E-state index contributed by atoms with van der Waals surface area (Å²) >= 11 is 0. The van der Waals surface area contributed by atoms with Gasteiger partial charge in [0.25, 0.3) is 0 Å². The molecule has 0 unspecified atom stereocenters. The van der Waals surface area contributed by atoms with Crippen LogP contribution in [0.15, 0.2) is 42.6 Å². The molecule has 0 spiro atoms. The molecule has 0 aliphatic heterocycles. The zero-order valence-electron chi connectivity index (χ0n) is 11.5. The van der Waals surface area contributed by atoms with Gasteiger partial charge < -0.3 is 10.1 Å². The Bertz CT molecular complexity index is 587. The van der Waals surface area contributed by atoms with E-state index in [1.54, 1.807) is 12.3 Å². The molecule has 1 aromatic heterocycles. The van der Waals surface area contributed by atoms with Crippen LogP contribution in [0.1, 0.15) is 23.7 Å². The molecule has 0 bridgehead atoms. The number of anilines is 1. The largest absolute Gasteiger partial charge is 0.380 e. The van der Waals surface area contributed by atoms with E-state index in [-0.39, 0.29) is 0 Å². The molecule has 0 saturated heterocycles. The molecule has 0 amide bonds. The van der Waals surface area contributed by atoms with Gasteiger partial charge in [-0.25, -0.2) is 4.98 Å². The molecular weight excluding hydrogens is 250 g/mol. The summed E-state index contributed by atoms with van der Waals surface area (Å²) in [5.41, 5.74) is 3.70. The number of nitrogens with zero attached hydrogens (tertiary/aromatic N) is 2. The second-order valence-corrected chi connectivity index (χ2v) is 4.30. The molecule has 2 rings (SSSR count). The van der Waals surface area contributed by atoms with Crippen LogP contribution in [-0.2, 0) is 17.9 Å². The minimum Gasteiger partial charge on any atom is -0.380 e. The van der Waals surface area contributed by atoms with Crippen LogP contribution in [0.5, 0.6) is 0 Å². The molecule has 0 fully saturated rings. The van der Waals surface area contributed by atoms with Gasteiger partial charge in [-0.1, -0.05) is 24.3 Å². The molecule has 1 heterocycles. The van der Waals surface area contributed by atoms with Crippen molar-refractivity contribution in [3.63, 3.8) is 0 Å². The number of benzene rings is 1. The first-order valence-corrected chi connectivity index (χ1v) is 6.58. The molecular formula is C16H17N3O. The third-order valence-electron chi connectivity index (χ3n) is 2.94. The maximum absolute atomic E-state index is 8.71. The second kappa shape index (κ2) is 7.27. The Hall–Kier alpha value is -2.38. The normalized spacial score (nSPS) is 10.0. The van der Waals surface area contributed by atoms with Gasteiger partial charge in [-0.15, -0.1) is 0 Å². The molecule has 1 aromatic carbocycles. The molecule has 1 N–H and O–H groups in total. The van der Waals surface area contributed by atoms with Crippen LogP contribution < -0.4 is 5.32 Å². The summed E-state index contributed by atoms with van der Waals surface area (Å²) in [5, 5.41) is 12.0. The van der Waals surface area contributed by atoms with Crippen LogP contribution in [0, 0.1) is 11.3 Å². The Morgan fingerprint density at radius 3 is 2.65 bits per heavy atom. The van der Waals surface area contributed by atoms with Crippen molar-refractivity contribution in [3.8, 4) is 6.07 Å². The van der Waals surface area contributed by atoms with Crippen LogP contribution in [0.2, 0.25) is 0 Å². The highest BCUT2D eigenvalue weighted by molar-refractivity contribution is 5.44. The number of hydrogen-bond donors (Lipinski definition) is 1. The summed E-state index contributed by atoms with van der Waals surface area (Å²) in [7, 11) is 0. The Labute approximate surface area is 119 Å². The van der Waals surface area contributed by atoms with Crippen molar-refractivity contribution in [2.75, 3.05) is 11.9 Å². The van der Waals surface area contributed by atoms with Gasteiger partial charge in [-0.2, -0.15) is 5.26 Å². The molecule has 0 aliphatic carbocycles. The van der Waals surface area contributed by atoms with E-state index < -0.39 is 0 Å². The summed E-state index contributed by atoms with van der Waals surface area (Å²) in [6.45, 7) is 4.03. The molecule has 0 radical (unpaired) electrons. The minimum absolute atomic E-state index is 0.423. The van der Waals surface area contributed by atoms with Gasteiger partial charge in [0.05, 0.1) is 18.5 Å². The van der Waals surface area contributed by atoms with Crippen LogP contribution in [0.25, 0.3) is 0 Å². The Balaban J connectivity index is 2.01. The van der Waals surface area contributed by atoms with Crippen LogP contribution in [-0.4, -0.2) is 11.6 Å². The third kappa shape index (κ3) is 3.81. The first-order chi connectivity index (χ1) is 9.83. The highest BCUT2D eigenvalue weighted by Crippen LogP contribution is 2.13. The van der Waals surface area contributed by atoms with Gasteiger partial charge in [-0.3, -0.25) is 0 Å². The topological polar surface area (TPSA) is 57.9 Å². The molecule has 102 valence electrons. The van der Waals surface area contributed by atoms with Crippen molar-refractivity contribution in [3.05, 3.63) is 59.4 Å². The lowest BCUT2D eigenvalue weighted by Gasteiger charge is -2.11. The maximum atomic E-state index is 8.71. The van der Waals surface area contributed by atoms with Gasteiger partial charge in [0.2, 0.25) is 0 Å². The lowest BCUT2D eigenvalue weighted by Crippen LogP contribution is -2.04.